The number of hydrogen-bond donors (Lipinski definition) is 0. The van der Waals surface area contributed by atoms with Crippen molar-refractivity contribution in [2.45, 2.75) is 13.8 Å². The van der Waals surface area contributed by atoms with E-state index in [0.29, 0.717) is 11.1 Å². The summed E-state index contributed by atoms with van der Waals surface area (Å²) in [5.74, 6) is -1.86. The van der Waals surface area contributed by atoms with Crippen LogP contribution in [0.5, 0.6) is 5.75 Å². The first-order chi connectivity index (χ1) is 6.07. The summed E-state index contributed by atoms with van der Waals surface area (Å²) in [6.07, 6.45) is 0. The topological polar surface area (TPSA) is 9.23 Å². The lowest BCUT2D eigenvalue weighted by molar-refractivity contribution is 0.311. The second kappa shape index (κ2) is 4.05. The maximum absolute atomic E-state index is 13.2. The number of benzene rings is 1. The van der Waals surface area contributed by atoms with E-state index in [-0.39, 0.29) is 11.3 Å². The Kier molecular flexibility index (Phi) is 3.25. The second-order valence-corrected chi connectivity index (χ2v) is 3.42. The number of ether oxygens (including phenoxy) is 1. The predicted molar refractivity (Wildman–Crippen MR) is 50.0 cm³/mol. The van der Waals surface area contributed by atoms with Gasteiger partial charge in [-0.2, -0.15) is 4.39 Å². The third kappa shape index (κ3) is 1.99. The average molecular weight is 251 g/mol. The Labute approximate surface area is 83.8 Å². The molecule has 0 unspecified atom stereocenters. The summed E-state index contributed by atoms with van der Waals surface area (Å²) in [7, 11) is 0. The molecule has 72 valence electrons. The fourth-order valence-corrected chi connectivity index (χ4v) is 1.61. The average Bonchev–Trinajstić information content (AvgIpc) is 2.09. The van der Waals surface area contributed by atoms with E-state index in [4.69, 9.17) is 4.74 Å². The molecule has 4 heteroatoms. The first kappa shape index (κ1) is 10.4. The highest BCUT2D eigenvalue weighted by atomic mass is 79.9. The molecule has 1 nitrogen and oxygen atoms in total. The normalized spacial score (nSPS) is 10.2. The lowest BCUT2D eigenvalue weighted by atomic mass is 10.2. The number of rotatable bonds is 2. The van der Waals surface area contributed by atoms with Crippen LogP contribution in [0, 0.1) is 18.6 Å². The third-order valence-corrected chi connectivity index (χ3v) is 2.18. The molecule has 0 aliphatic carbocycles. The molecule has 0 spiro atoms. The van der Waals surface area contributed by atoms with Crippen LogP contribution >= 0.6 is 15.9 Å². The van der Waals surface area contributed by atoms with Crippen LogP contribution in [0.2, 0.25) is 0 Å². The Hall–Kier alpha value is -0.640. The summed E-state index contributed by atoms with van der Waals surface area (Å²) in [6, 6.07) is 1.49. The minimum absolute atomic E-state index is 0.0643. The van der Waals surface area contributed by atoms with E-state index in [0.717, 1.165) is 0 Å². The van der Waals surface area contributed by atoms with Gasteiger partial charge >= 0.3 is 0 Å². The molecule has 0 fully saturated rings. The minimum atomic E-state index is -0.936. The molecule has 1 aromatic rings. The molecule has 1 rings (SSSR count). The van der Waals surface area contributed by atoms with Gasteiger partial charge in [0.05, 0.1) is 11.1 Å². The van der Waals surface area contributed by atoms with Crippen LogP contribution in [0.1, 0.15) is 12.5 Å². The summed E-state index contributed by atoms with van der Waals surface area (Å²) in [5.41, 5.74) is 0.257. The van der Waals surface area contributed by atoms with Crippen molar-refractivity contribution in [3.63, 3.8) is 0 Å². The highest BCUT2D eigenvalue weighted by Crippen LogP contribution is 2.31. The van der Waals surface area contributed by atoms with Gasteiger partial charge in [-0.25, -0.2) is 4.39 Å². The molecule has 13 heavy (non-hydrogen) atoms. The van der Waals surface area contributed by atoms with Crippen molar-refractivity contribution in [3.05, 3.63) is 27.7 Å². The van der Waals surface area contributed by atoms with Gasteiger partial charge in [-0.05, 0) is 41.4 Å². The predicted octanol–water partition coefficient (Wildman–Crippen LogP) is 3.43. The summed E-state index contributed by atoms with van der Waals surface area (Å²) in [5, 5.41) is 0. The largest absolute Gasteiger partial charge is 0.489 e. The fourth-order valence-electron chi connectivity index (χ4n) is 0.973. The highest BCUT2D eigenvalue weighted by Gasteiger charge is 2.15. The lowest BCUT2D eigenvalue weighted by Crippen LogP contribution is -1.99. The van der Waals surface area contributed by atoms with E-state index in [1.165, 1.54) is 13.0 Å². The number of halogens is 3. The molecule has 0 aliphatic rings. The van der Waals surface area contributed by atoms with E-state index < -0.39 is 11.6 Å². The van der Waals surface area contributed by atoms with Crippen LogP contribution < -0.4 is 4.74 Å². The maximum Gasteiger partial charge on any atom is 0.202 e. The number of hydrogen-bond acceptors (Lipinski definition) is 1. The standard InChI is InChI=1S/C9H9BrF2O/c1-3-13-9-6(10)4-5(2)7(11)8(9)12/h4H,3H2,1-2H3. The summed E-state index contributed by atoms with van der Waals surface area (Å²) >= 11 is 3.10. The van der Waals surface area contributed by atoms with Crippen LogP contribution in [-0.2, 0) is 0 Å². The minimum Gasteiger partial charge on any atom is -0.489 e. The van der Waals surface area contributed by atoms with Crippen molar-refractivity contribution >= 4 is 15.9 Å². The summed E-state index contributed by atoms with van der Waals surface area (Å²) in [4.78, 5) is 0. The molecule has 0 aromatic heterocycles. The molecule has 0 heterocycles. The molecule has 0 saturated carbocycles. The SMILES string of the molecule is CCOc1c(Br)cc(C)c(F)c1F. The zero-order chi connectivity index (χ0) is 10.0. The number of aryl methyl sites for hydroxylation is 1. The Morgan fingerprint density at radius 3 is 2.54 bits per heavy atom. The zero-order valence-corrected chi connectivity index (χ0v) is 8.91. The van der Waals surface area contributed by atoms with Crippen LogP contribution in [0.4, 0.5) is 8.78 Å². The van der Waals surface area contributed by atoms with Gasteiger partial charge in [0, 0.05) is 0 Å². The van der Waals surface area contributed by atoms with E-state index in [2.05, 4.69) is 15.9 Å². The lowest BCUT2D eigenvalue weighted by Gasteiger charge is -2.08. The van der Waals surface area contributed by atoms with E-state index in [9.17, 15) is 8.78 Å². The molecule has 0 aliphatic heterocycles. The summed E-state index contributed by atoms with van der Waals surface area (Å²) in [6.45, 7) is 3.51. The van der Waals surface area contributed by atoms with Crippen LogP contribution in [-0.4, -0.2) is 6.61 Å². The van der Waals surface area contributed by atoms with Crippen molar-refractivity contribution in [3.8, 4) is 5.75 Å². The van der Waals surface area contributed by atoms with Crippen LogP contribution in [0.3, 0.4) is 0 Å². The Morgan fingerprint density at radius 2 is 2.00 bits per heavy atom. The quantitative estimate of drug-likeness (QED) is 0.731. The molecule has 0 saturated heterocycles. The van der Waals surface area contributed by atoms with Gasteiger partial charge in [0.2, 0.25) is 5.82 Å². The van der Waals surface area contributed by atoms with Gasteiger partial charge in [-0.1, -0.05) is 0 Å². The molecule has 0 N–H and O–H groups in total. The molecule has 0 atom stereocenters. The van der Waals surface area contributed by atoms with Gasteiger partial charge in [-0.3, -0.25) is 0 Å². The van der Waals surface area contributed by atoms with Crippen molar-refractivity contribution < 1.29 is 13.5 Å². The van der Waals surface area contributed by atoms with Crippen molar-refractivity contribution in [1.82, 2.24) is 0 Å². The van der Waals surface area contributed by atoms with Crippen molar-refractivity contribution in [2.24, 2.45) is 0 Å². The molecular formula is C9H9BrF2O. The fraction of sp³-hybridized carbons (Fsp3) is 0.333. The zero-order valence-electron chi connectivity index (χ0n) is 7.33. The smallest absolute Gasteiger partial charge is 0.202 e. The Balaban J connectivity index is 3.26. The van der Waals surface area contributed by atoms with E-state index >= 15 is 0 Å². The highest BCUT2D eigenvalue weighted by molar-refractivity contribution is 9.10. The molecule has 0 amide bonds. The van der Waals surface area contributed by atoms with Crippen molar-refractivity contribution in [2.75, 3.05) is 6.61 Å². The molecular weight excluding hydrogens is 242 g/mol. The van der Waals surface area contributed by atoms with Crippen LogP contribution in [0.15, 0.2) is 10.5 Å². The molecule has 1 aromatic carbocycles. The second-order valence-electron chi connectivity index (χ2n) is 2.57. The van der Waals surface area contributed by atoms with Gasteiger partial charge in [0.15, 0.2) is 11.6 Å². The maximum atomic E-state index is 13.2. The van der Waals surface area contributed by atoms with Gasteiger partial charge in [-0.15, -0.1) is 0 Å². The van der Waals surface area contributed by atoms with Gasteiger partial charge in [0.1, 0.15) is 0 Å². The Bertz CT molecular complexity index is 326. The Morgan fingerprint density at radius 1 is 1.38 bits per heavy atom. The third-order valence-electron chi connectivity index (χ3n) is 1.59. The first-order valence-electron chi connectivity index (χ1n) is 3.84. The van der Waals surface area contributed by atoms with Gasteiger partial charge < -0.3 is 4.74 Å². The summed E-state index contributed by atoms with van der Waals surface area (Å²) < 4.78 is 31.6. The van der Waals surface area contributed by atoms with Crippen molar-refractivity contribution in [1.29, 1.82) is 0 Å². The van der Waals surface area contributed by atoms with E-state index in [1.54, 1.807) is 6.92 Å². The van der Waals surface area contributed by atoms with Gasteiger partial charge in [0.25, 0.3) is 0 Å². The first-order valence-corrected chi connectivity index (χ1v) is 4.64. The monoisotopic (exact) mass is 250 g/mol. The van der Waals surface area contributed by atoms with Crippen LogP contribution in [0.25, 0.3) is 0 Å². The molecule has 0 bridgehead atoms. The molecule has 0 radical (unpaired) electrons. The van der Waals surface area contributed by atoms with E-state index in [1.807, 2.05) is 0 Å².